The van der Waals surface area contributed by atoms with Gasteiger partial charge < -0.3 is 10.1 Å². The van der Waals surface area contributed by atoms with Crippen molar-refractivity contribution in [3.8, 4) is 5.75 Å². The first-order valence-electron chi connectivity index (χ1n) is 6.39. The molecule has 3 heteroatoms. The van der Waals surface area contributed by atoms with Gasteiger partial charge >= 0.3 is 0 Å². The van der Waals surface area contributed by atoms with E-state index in [1.54, 1.807) is 12.1 Å². The predicted molar refractivity (Wildman–Crippen MR) is 74.8 cm³/mol. The van der Waals surface area contributed by atoms with Gasteiger partial charge in [0.05, 0.1) is 0 Å². The quantitative estimate of drug-likeness (QED) is 0.804. The first-order valence-corrected chi connectivity index (χ1v) is 6.39. The van der Waals surface area contributed by atoms with Crippen molar-refractivity contribution in [2.75, 3.05) is 13.2 Å². The predicted octanol–water partition coefficient (Wildman–Crippen LogP) is 3.30. The number of hydrogen-bond acceptors (Lipinski definition) is 2. The van der Waals surface area contributed by atoms with Crippen molar-refractivity contribution >= 4 is 0 Å². The first kappa shape index (κ1) is 13.6. The average Bonchev–Trinajstić information content (AvgIpc) is 2.40. The molecule has 100 valence electrons. The van der Waals surface area contributed by atoms with Crippen molar-refractivity contribution in [2.45, 2.75) is 13.5 Å². The molecule has 0 aliphatic heterocycles. The number of rotatable bonds is 6. The zero-order chi connectivity index (χ0) is 13.5. The van der Waals surface area contributed by atoms with E-state index in [2.05, 4.69) is 5.32 Å². The SMILES string of the molecule is Cc1cccc(OCCNCc2ccccc2F)c1. The normalized spacial score (nSPS) is 10.4. The average molecular weight is 259 g/mol. The smallest absolute Gasteiger partial charge is 0.127 e. The summed E-state index contributed by atoms with van der Waals surface area (Å²) in [6.45, 7) is 3.80. The fourth-order valence-electron chi connectivity index (χ4n) is 1.81. The Hall–Kier alpha value is -1.87. The Kier molecular flexibility index (Phi) is 4.93. The Bertz CT molecular complexity index is 528. The molecule has 0 aromatic heterocycles. The lowest BCUT2D eigenvalue weighted by Crippen LogP contribution is -2.21. The van der Waals surface area contributed by atoms with E-state index in [1.807, 2.05) is 37.3 Å². The Morgan fingerprint density at radius 2 is 1.95 bits per heavy atom. The van der Waals surface area contributed by atoms with E-state index in [9.17, 15) is 4.39 Å². The van der Waals surface area contributed by atoms with E-state index < -0.39 is 0 Å². The molecule has 2 rings (SSSR count). The number of aryl methyl sites for hydroxylation is 1. The number of ether oxygens (including phenoxy) is 1. The Balaban J connectivity index is 1.69. The topological polar surface area (TPSA) is 21.3 Å². The van der Waals surface area contributed by atoms with Crippen LogP contribution in [-0.2, 0) is 6.54 Å². The highest BCUT2D eigenvalue weighted by Gasteiger charge is 1.99. The third kappa shape index (κ3) is 4.38. The molecule has 0 aliphatic rings. The van der Waals surface area contributed by atoms with Gasteiger partial charge in [-0.1, -0.05) is 30.3 Å². The van der Waals surface area contributed by atoms with Gasteiger partial charge in [-0.05, 0) is 30.7 Å². The summed E-state index contributed by atoms with van der Waals surface area (Å²) in [5.74, 6) is 0.697. The summed E-state index contributed by atoms with van der Waals surface area (Å²) >= 11 is 0. The highest BCUT2D eigenvalue weighted by atomic mass is 19.1. The van der Waals surface area contributed by atoms with E-state index in [0.29, 0.717) is 25.3 Å². The Morgan fingerprint density at radius 1 is 1.11 bits per heavy atom. The third-order valence-electron chi connectivity index (χ3n) is 2.81. The molecule has 0 heterocycles. The van der Waals surface area contributed by atoms with Gasteiger partial charge in [0.25, 0.3) is 0 Å². The van der Waals surface area contributed by atoms with Gasteiger partial charge in [-0.2, -0.15) is 0 Å². The fraction of sp³-hybridized carbons (Fsp3) is 0.250. The van der Waals surface area contributed by atoms with Crippen molar-refractivity contribution in [1.29, 1.82) is 0 Å². The van der Waals surface area contributed by atoms with Crippen molar-refractivity contribution in [1.82, 2.24) is 5.32 Å². The Morgan fingerprint density at radius 3 is 2.74 bits per heavy atom. The number of benzene rings is 2. The van der Waals surface area contributed by atoms with Crippen molar-refractivity contribution < 1.29 is 9.13 Å². The summed E-state index contributed by atoms with van der Waals surface area (Å²) < 4.78 is 18.9. The van der Waals surface area contributed by atoms with Crippen LogP contribution >= 0.6 is 0 Å². The molecule has 0 fully saturated rings. The van der Waals surface area contributed by atoms with Gasteiger partial charge in [0.1, 0.15) is 18.2 Å². The summed E-state index contributed by atoms with van der Waals surface area (Å²) in [4.78, 5) is 0. The van der Waals surface area contributed by atoms with E-state index in [1.165, 1.54) is 11.6 Å². The second-order valence-electron chi connectivity index (χ2n) is 4.43. The van der Waals surface area contributed by atoms with Gasteiger partial charge in [0, 0.05) is 18.7 Å². The van der Waals surface area contributed by atoms with Crippen LogP contribution in [0.1, 0.15) is 11.1 Å². The first-order chi connectivity index (χ1) is 9.25. The van der Waals surface area contributed by atoms with Crippen molar-refractivity contribution in [3.63, 3.8) is 0 Å². The molecule has 2 aromatic carbocycles. The highest BCUT2D eigenvalue weighted by Crippen LogP contribution is 2.11. The third-order valence-corrected chi connectivity index (χ3v) is 2.81. The molecule has 0 aliphatic carbocycles. The summed E-state index contributed by atoms with van der Waals surface area (Å²) in [7, 11) is 0. The van der Waals surface area contributed by atoms with E-state index >= 15 is 0 Å². The Labute approximate surface area is 113 Å². The van der Waals surface area contributed by atoms with Crippen LogP contribution < -0.4 is 10.1 Å². The fourth-order valence-corrected chi connectivity index (χ4v) is 1.81. The van der Waals surface area contributed by atoms with Gasteiger partial charge in [-0.15, -0.1) is 0 Å². The van der Waals surface area contributed by atoms with Gasteiger partial charge in [0.2, 0.25) is 0 Å². The molecule has 2 aromatic rings. The lowest BCUT2D eigenvalue weighted by atomic mass is 10.2. The lowest BCUT2D eigenvalue weighted by molar-refractivity contribution is 0.313. The van der Waals surface area contributed by atoms with Crippen molar-refractivity contribution in [3.05, 3.63) is 65.5 Å². The molecular formula is C16H18FNO. The molecule has 0 amide bonds. The largest absolute Gasteiger partial charge is 0.492 e. The van der Waals surface area contributed by atoms with Crippen LogP contribution in [0.4, 0.5) is 4.39 Å². The summed E-state index contributed by atoms with van der Waals surface area (Å²) in [6.07, 6.45) is 0. The molecule has 2 nitrogen and oxygen atoms in total. The lowest BCUT2D eigenvalue weighted by Gasteiger charge is -2.08. The second-order valence-corrected chi connectivity index (χ2v) is 4.43. The molecule has 0 unspecified atom stereocenters. The van der Waals surface area contributed by atoms with Crippen LogP contribution in [0.5, 0.6) is 5.75 Å². The van der Waals surface area contributed by atoms with E-state index in [-0.39, 0.29) is 5.82 Å². The minimum absolute atomic E-state index is 0.172. The van der Waals surface area contributed by atoms with Gasteiger partial charge in [-0.25, -0.2) is 4.39 Å². The van der Waals surface area contributed by atoms with Crippen molar-refractivity contribution in [2.24, 2.45) is 0 Å². The number of hydrogen-bond donors (Lipinski definition) is 1. The maximum Gasteiger partial charge on any atom is 0.127 e. The van der Waals surface area contributed by atoms with Crippen LogP contribution in [0, 0.1) is 12.7 Å². The maximum atomic E-state index is 13.3. The maximum absolute atomic E-state index is 13.3. The van der Waals surface area contributed by atoms with E-state index in [4.69, 9.17) is 4.74 Å². The standard InChI is InChI=1S/C16H18FNO/c1-13-5-4-7-15(11-13)19-10-9-18-12-14-6-2-3-8-16(14)17/h2-8,11,18H,9-10,12H2,1H3. The molecule has 0 saturated carbocycles. The zero-order valence-electron chi connectivity index (χ0n) is 11.0. The van der Waals surface area contributed by atoms with Gasteiger partial charge in [0.15, 0.2) is 0 Å². The second kappa shape index (κ2) is 6.90. The minimum atomic E-state index is -0.172. The molecule has 19 heavy (non-hydrogen) atoms. The van der Waals surface area contributed by atoms with Crippen LogP contribution in [0.2, 0.25) is 0 Å². The number of nitrogens with one attached hydrogen (secondary N) is 1. The minimum Gasteiger partial charge on any atom is -0.492 e. The molecule has 1 N–H and O–H groups in total. The monoisotopic (exact) mass is 259 g/mol. The van der Waals surface area contributed by atoms with E-state index in [0.717, 1.165) is 5.75 Å². The molecule has 0 spiro atoms. The summed E-state index contributed by atoms with van der Waals surface area (Å²) in [5.41, 5.74) is 1.86. The zero-order valence-corrected chi connectivity index (χ0v) is 11.0. The van der Waals surface area contributed by atoms with Crippen LogP contribution in [-0.4, -0.2) is 13.2 Å². The molecular weight excluding hydrogens is 241 g/mol. The molecule has 0 radical (unpaired) electrons. The summed E-state index contributed by atoms with van der Waals surface area (Å²) in [5, 5.41) is 3.16. The van der Waals surface area contributed by atoms with Gasteiger partial charge in [-0.3, -0.25) is 0 Å². The molecule has 0 bridgehead atoms. The molecule has 0 saturated heterocycles. The molecule has 0 atom stereocenters. The van der Waals surface area contributed by atoms with Crippen LogP contribution in [0.15, 0.2) is 48.5 Å². The summed E-state index contributed by atoms with van der Waals surface area (Å²) in [6, 6.07) is 14.7. The van der Waals surface area contributed by atoms with Crippen LogP contribution in [0.3, 0.4) is 0 Å². The number of halogens is 1. The van der Waals surface area contributed by atoms with Crippen LogP contribution in [0.25, 0.3) is 0 Å². The highest BCUT2D eigenvalue weighted by molar-refractivity contribution is 5.27.